The Morgan fingerprint density at radius 1 is 1.32 bits per heavy atom. The van der Waals surface area contributed by atoms with Crippen molar-refractivity contribution in [3.05, 3.63) is 41.3 Å². The van der Waals surface area contributed by atoms with Crippen LogP contribution in [0.3, 0.4) is 0 Å². The SMILES string of the molecule is CC1CN(c2ncc(F)c(Nc3ccc4c(c3)C=NC4)n2)C(C)CN1. The number of aliphatic imine (C=N–C) groups is 1. The molecule has 25 heavy (non-hydrogen) atoms. The number of nitrogens with zero attached hydrogens (tertiary/aromatic N) is 4. The third-order valence-electron chi connectivity index (χ3n) is 4.65. The highest BCUT2D eigenvalue weighted by molar-refractivity contribution is 5.86. The molecular formula is C18H21FN6. The molecule has 0 radical (unpaired) electrons. The van der Waals surface area contributed by atoms with Crippen molar-refractivity contribution in [2.45, 2.75) is 32.5 Å². The molecule has 2 unspecified atom stereocenters. The third-order valence-corrected chi connectivity index (χ3v) is 4.65. The van der Waals surface area contributed by atoms with E-state index >= 15 is 0 Å². The first-order chi connectivity index (χ1) is 12.1. The highest BCUT2D eigenvalue weighted by atomic mass is 19.1. The smallest absolute Gasteiger partial charge is 0.227 e. The average molecular weight is 340 g/mol. The fourth-order valence-corrected chi connectivity index (χ4v) is 3.20. The second-order valence-corrected chi connectivity index (χ2v) is 6.69. The largest absolute Gasteiger partial charge is 0.338 e. The third kappa shape index (κ3) is 3.19. The lowest BCUT2D eigenvalue weighted by Crippen LogP contribution is -2.55. The molecule has 2 aliphatic rings. The van der Waals surface area contributed by atoms with E-state index in [-0.39, 0.29) is 11.9 Å². The van der Waals surface area contributed by atoms with Crippen molar-refractivity contribution in [1.29, 1.82) is 0 Å². The van der Waals surface area contributed by atoms with Gasteiger partial charge < -0.3 is 15.5 Å². The average Bonchev–Trinajstić information content (AvgIpc) is 3.07. The molecule has 0 amide bonds. The van der Waals surface area contributed by atoms with Gasteiger partial charge in [0.15, 0.2) is 11.6 Å². The van der Waals surface area contributed by atoms with E-state index in [0.29, 0.717) is 18.5 Å². The Morgan fingerprint density at radius 2 is 2.20 bits per heavy atom. The summed E-state index contributed by atoms with van der Waals surface area (Å²) in [6.07, 6.45) is 3.07. The fraction of sp³-hybridized carbons (Fsp3) is 0.389. The molecule has 3 heterocycles. The van der Waals surface area contributed by atoms with Gasteiger partial charge in [-0.15, -0.1) is 0 Å². The second-order valence-electron chi connectivity index (χ2n) is 6.69. The van der Waals surface area contributed by atoms with Crippen LogP contribution in [-0.4, -0.2) is 41.4 Å². The van der Waals surface area contributed by atoms with E-state index in [1.165, 1.54) is 11.8 Å². The van der Waals surface area contributed by atoms with E-state index in [4.69, 9.17) is 0 Å². The number of piperazine rings is 1. The van der Waals surface area contributed by atoms with Gasteiger partial charge in [0.2, 0.25) is 5.95 Å². The molecule has 1 fully saturated rings. The molecule has 0 spiro atoms. The predicted octanol–water partition coefficient (Wildman–Crippen LogP) is 2.48. The molecule has 0 aliphatic carbocycles. The molecule has 0 saturated carbocycles. The standard InChI is InChI=1S/C18H21FN6/c1-11-10-25(12(2)6-21-11)18-22-9-16(19)17(24-18)23-15-4-3-13-7-20-8-14(13)5-15/h3-5,8-9,11-12,21H,6-7,10H2,1-2H3,(H,22,23,24). The van der Waals surface area contributed by atoms with Crippen molar-refractivity contribution < 1.29 is 4.39 Å². The number of halogens is 1. The van der Waals surface area contributed by atoms with Gasteiger partial charge in [-0.25, -0.2) is 9.37 Å². The van der Waals surface area contributed by atoms with Crippen LogP contribution in [0, 0.1) is 5.82 Å². The summed E-state index contributed by atoms with van der Waals surface area (Å²) in [6, 6.07) is 6.49. The Balaban J connectivity index is 1.60. The molecule has 6 nitrogen and oxygen atoms in total. The van der Waals surface area contributed by atoms with Crippen molar-refractivity contribution in [1.82, 2.24) is 15.3 Å². The summed E-state index contributed by atoms with van der Waals surface area (Å²) in [5.74, 6) is 0.277. The van der Waals surface area contributed by atoms with Crippen LogP contribution in [0.15, 0.2) is 29.4 Å². The molecule has 2 N–H and O–H groups in total. The fourth-order valence-electron chi connectivity index (χ4n) is 3.20. The van der Waals surface area contributed by atoms with Crippen LogP contribution in [0.1, 0.15) is 25.0 Å². The van der Waals surface area contributed by atoms with E-state index in [0.717, 1.165) is 24.3 Å². The summed E-state index contributed by atoms with van der Waals surface area (Å²) in [5, 5.41) is 6.50. The molecule has 2 aromatic rings. The molecule has 130 valence electrons. The summed E-state index contributed by atoms with van der Waals surface area (Å²) < 4.78 is 14.2. The van der Waals surface area contributed by atoms with Gasteiger partial charge in [0, 0.05) is 37.1 Å². The van der Waals surface area contributed by atoms with Crippen LogP contribution >= 0.6 is 0 Å². The maximum absolute atomic E-state index is 14.2. The maximum atomic E-state index is 14.2. The second kappa shape index (κ2) is 6.40. The number of hydrogen-bond donors (Lipinski definition) is 2. The summed E-state index contributed by atoms with van der Waals surface area (Å²) >= 11 is 0. The Bertz CT molecular complexity index is 821. The summed E-state index contributed by atoms with van der Waals surface area (Å²) in [5.41, 5.74) is 3.03. The lowest BCUT2D eigenvalue weighted by molar-refractivity contribution is 0.419. The molecule has 1 aromatic carbocycles. The van der Waals surface area contributed by atoms with Crippen LogP contribution < -0.4 is 15.5 Å². The number of fused-ring (bicyclic) bond motifs is 1. The highest BCUT2D eigenvalue weighted by Gasteiger charge is 2.25. The van der Waals surface area contributed by atoms with Crippen LogP contribution in [0.5, 0.6) is 0 Å². The van der Waals surface area contributed by atoms with Crippen molar-refractivity contribution in [3.63, 3.8) is 0 Å². The van der Waals surface area contributed by atoms with Gasteiger partial charge in [0.1, 0.15) is 0 Å². The number of hydrogen-bond acceptors (Lipinski definition) is 6. The normalized spacial score (nSPS) is 22.1. The van der Waals surface area contributed by atoms with Gasteiger partial charge in [0.25, 0.3) is 0 Å². The lowest BCUT2D eigenvalue weighted by atomic mass is 10.1. The minimum atomic E-state index is -0.464. The first kappa shape index (κ1) is 16.0. The lowest BCUT2D eigenvalue weighted by Gasteiger charge is -2.37. The summed E-state index contributed by atoms with van der Waals surface area (Å²) in [7, 11) is 0. The molecule has 0 bridgehead atoms. The maximum Gasteiger partial charge on any atom is 0.227 e. The van der Waals surface area contributed by atoms with E-state index in [9.17, 15) is 4.39 Å². The summed E-state index contributed by atoms with van der Waals surface area (Å²) in [4.78, 5) is 15.0. The van der Waals surface area contributed by atoms with Crippen LogP contribution in [-0.2, 0) is 6.54 Å². The minimum Gasteiger partial charge on any atom is -0.338 e. The molecule has 1 saturated heterocycles. The van der Waals surface area contributed by atoms with E-state index in [2.05, 4.69) is 44.3 Å². The van der Waals surface area contributed by atoms with E-state index in [1.807, 2.05) is 24.4 Å². The molecule has 4 rings (SSSR count). The predicted molar refractivity (Wildman–Crippen MR) is 97.3 cm³/mol. The molecule has 7 heteroatoms. The number of aromatic nitrogens is 2. The van der Waals surface area contributed by atoms with Crippen LogP contribution in [0.4, 0.5) is 21.8 Å². The number of benzene rings is 1. The number of rotatable bonds is 3. The van der Waals surface area contributed by atoms with Crippen LogP contribution in [0.25, 0.3) is 0 Å². The molecule has 2 atom stereocenters. The van der Waals surface area contributed by atoms with Crippen molar-refractivity contribution in [3.8, 4) is 0 Å². The van der Waals surface area contributed by atoms with Gasteiger partial charge in [0.05, 0.1) is 12.7 Å². The zero-order valence-corrected chi connectivity index (χ0v) is 14.3. The van der Waals surface area contributed by atoms with Gasteiger partial charge >= 0.3 is 0 Å². The summed E-state index contributed by atoms with van der Waals surface area (Å²) in [6.45, 7) is 6.59. The Morgan fingerprint density at radius 3 is 3.08 bits per heavy atom. The van der Waals surface area contributed by atoms with Crippen molar-refractivity contribution in [2.75, 3.05) is 23.3 Å². The zero-order valence-electron chi connectivity index (χ0n) is 14.3. The number of anilines is 3. The van der Waals surface area contributed by atoms with Crippen LogP contribution in [0.2, 0.25) is 0 Å². The first-order valence-corrected chi connectivity index (χ1v) is 8.52. The first-order valence-electron chi connectivity index (χ1n) is 8.52. The van der Waals surface area contributed by atoms with Crippen molar-refractivity contribution in [2.24, 2.45) is 4.99 Å². The van der Waals surface area contributed by atoms with Gasteiger partial charge in [-0.2, -0.15) is 4.98 Å². The molecule has 1 aromatic heterocycles. The Labute approximate surface area is 146 Å². The van der Waals surface area contributed by atoms with Crippen molar-refractivity contribution >= 4 is 23.7 Å². The quantitative estimate of drug-likeness (QED) is 0.899. The van der Waals surface area contributed by atoms with E-state index < -0.39 is 5.82 Å². The van der Waals surface area contributed by atoms with Gasteiger partial charge in [-0.3, -0.25) is 4.99 Å². The monoisotopic (exact) mass is 340 g/mol. The Kier molecular flexibility index (Phi) is 4.09. The number of nitrogens with one attached hydrogen (secondary N) is 2. The molecule has 2 aliphatic heterocycles. The Hall–Kier alpha value is -2.54. The zero-order chi connectivity index (χ0) is 17.4. The minimum absolute atomic E-state index is 0.193. The topological polar surface area (TPSA) is 65.4 Å². The highest BCUT2D eigenvalue weighted by Crippen LogP contribution is 2.25. The van der Waals surface area contributed by atoms with Gasteiger partial charge in [-0.1, -0.05) is 6.07 Å². The molecular weight excluding hydrogens is 319 g/mol. The van der Waals surface area contributed by atoms with Gasteiger partial charge in [-0.05, 0) is 37.1 Å². The van der Waals surface area contributed by atoms with E-state index in [1.54, 1.807) is 0 Å².